The van der Waals surface area contributed by atoms with E-state index in [1.54, 1.807) is 12.1 Å². The van der Waals surface area contributed by atoms with Gasteiger partial charge >= 0.3 is 0 Å². The molecular formula is C13H15Cl2N5O3. The number of carbonyl (C=O) groups is 1. The van der Waals surface area contributed by atoms with E-state index in [0.29, 0.717) is 35.4 Å². The van der Waals surface area contributed by atoms with Gasteiger partial charge in [0.15, 0.2) is 5.75 Å². The average Bonchev–Trinajstić information content (AvgIpc) is 2.92. The van der Waals surface area contributed by atoms with Gasteiger partial charge in [0.1, 0.15) is 0 Å². The maximum absolute atomic E-state index is 11.7. The molecule has 23 heavy (non-hydrogen) atoms. The summed E-state index contributed by atoms with van der Waals surface area (Å²) in [6, 6.07) is 3.53. The van der Waals surface area contributed by atoms with E-state index in [1.807, 2.05) is 0 Å². The highest BCUT2D eigenvalue weighted by Gasteiger charge is 2.14. The molecule has 10 heteroatoms. The predicted molar refractivity (Wildman–Crippen MR) is 85.8 cm³/mol. The number of methoxy groups -OCH3 is 1. The Bertz CT molecular complexity index is 669. The Balaban J connectivity index is 1.76. The van der Waals surface area contributed by atoms with Crippen LogP contribution in [0.25, 0.3) is 0 Å². The molecule has 1 amide bonds. The summed E-state index contributed by atoms with van der Waals surface area (Å²) in [5, 5.41) is 13.4. The first-order chi connectivity index (χ1) is 11.0. The van der Waals surface area contributed by atoms with Crippen molar-refractivity contribution in [3.63, 3.8) is 0 Å². The van der Waals surface area contributed by atoms with Gasteiger partial charge in [0.25, 0.3) is 5.91 Å². The number of nitrogens with two attached hydrogens (primary N) is 1. The summed E-state index contributed by atoms with van der Waals surface area (Å²) in [5.41, 5.74) is 6.29. The third-order valence-electron chi connectivity index (χ3n) is 2.91. The average molecular weight is 360 g/mol. The number of benzene rings is 1. The molecule has 0 saturated carbocycles. The van der Waals surface area contributed by atoms with Crippen molar-refractivity contribution >= 4 is 34.9 Å². The molecule has 2 rings (SSSR count). The van der Waals surface area contributed by atoms with E-state index in [-0.39, 0.29) is 11.5 Å². The zero-order valence-corrected chi connectivity index (χ0v) is 13.7. The third kappa shape index (κ3) is 4.47. The van der Waals surface area contributed by atoms with E-state index < -0.39 is 5.91 Å². The minimum atomic E-state index is -0.443. The fourth-order valence-electron chi connectivity index (χ4n) is 1.84. The van der Waals surface area contributed by atoms with Crippen LogP contribution in [0, 0.1) is 0 Å². The van der Waals surface area contributed by atoms with Crippen LogP contribution in [0.2, 0.25) is 10.0 Å². The molecule has 1 aromatic heterocycles. The zero-order valence-electron chi connectivity index (χ0n) is 12.2. The molecule has 4 N–H and O–H groups in total. The van der Waals surface area contributed by atoms with E-state index in [9.17, 15) is 4.79 Å². The predicted octanol–water partition coefficient (Wildman–Crippen LogP) is 1.49. The summed E-state index contributed by atoms with van der Waals surface area (Å²) in [4.78, 5) is 11.7. The lowest BCUT2D eigenvalue weighted by Gasteiger charge is -2.10. The molecule has 0 radical (unpaired) electrons. The van der Waals surface area contributed by atoms with Gasteiger partial charge in [-0.15, -0.1) is 0 Å². The number of carbonyl (C=O) groups excluding carboxylic acids is 1. The van der Waals surface area contributed by atoms with Gasteiger partial charge < -0.3 is 21.1 Å². The second kappa shape index (κ2) is 8.00. The van der Waals surface area contributed by atoms with Crippen LogP contribution in [0.3, 0.4) is 0 Å². The lowest BCUT2D eigenvalue weighted by atomic mass is 10.2. The number of amides is 1. The monoisotopic (exact) mass is 359 g/mol. The third-order valence-corrected chi connectivity index (χ3v) is 3.47. The van der Waals surface area contributed by atoms with Crippen LogP contribution in [0.4, 0.5) is 5.82 Å². The normalized spacial score (nSPS) is 10.6. The fourth-order valence-corrected chi connectivity index (χ4v) is 2.53. The Morgan fingerprint density at radius 3 is 2.57 bits per heavy atom. The van der Waals surface area contributed by atoms with E-state index in [0.717, 1.165) is 5.56 Å². The molecule has 0 aliphatic heterocycles. The van der Waals surface area contributed by atoms with Crippen molar-refractivity contribution in [2.75, 3.05) is 25.9 Å². The molecule has 1 heterocycles. The Morgan fingerprint density at radius 1 is 1.30 bits per heavy atom. The first-order valence-electron chi connectivity index (χ1n) is 6.61. The van der Waals surface area contributed by atoms with Crippen LogP contribution >= 0.6 is 23.2 Å². The number of anilines is 1. The second-order valence-electron chi connectivity index (χ2n) is 4.52. The molecule has 2 aromatic rings. The molecular weight excluding hydrogens is 345 g/mol. The maximum atomic E-state index is 11.7. The Labute approximate surface area is 142 Å². The maximum Gasteiger partial charge on any atom is 0.277 e. The SMILES string of the molecule is COc1c(Cl)cc(CNCCNC(=O)c2nonc2N)cc1Cl. The molecule has 8 nitrogen and oxygen atoms in total. The highest BCUT2D eigenvalue weighted by molar-refractivity contribution is 6.37. The van der Waals surface area contributed by atoms with Crippen LogP contribution in [-0.4, -0.2) is 36.4 Å². The topological polar surface area (TPSA) is 115 Å². The van der Waals surface area contributed by atoms with E-state index >= 15 is 0 Å². The van der Waals surface area contributed by atoms with Crippen molar-refractivity contribution in [3.8, 4) is 5.75 Å². The van der Waals surface area contributed by atoms with Crippen molar-refractivity contribution < 1.29 is 14.2 Å². The molecule has 0 spiro atoms. The van der Waals surface area contributed by atoms with Crippen LogP contribution in [0.1, 0.15) is 16.1 Å². The Morgan fingerprint density at radius 2 is 2.00 bits per heavy atom. The van der Waals surface area contributed by atoms with Crippen LogP contribution in [0.15, 0.2) is 16.8 Å². The Kier molecular flexibility index (Phi) is 6.03. The molecule has 0 unspecified atom stereocenters. The van der Waals surface area contributed by atoms with Crippen LogP contribution in [-0.2, 0) is 6.54 Å². The second-order valence-corrected chi connectivity index (χ2v) is 5.34. The van der Waals surface area contributed by atoms with Crippen molar-refractivity contribution in [1.82, 2.24) is 20.9 Å². The molecule has 0 aliphatic rings. The standard InChI is InChI=1S/C13H15Cl2N5O3/c1-22-11-8(14)4-7(5-9(11)15)6-17-2-3-18-13(21)10-12(16)20-23-19-10/h4-5,17H,2-3,6H2,1H3,(H2,16,20)(H,18,21). The molecule has 124 valence electrons. The zero-order chi connectivity index (χ0) is 16.8. The van der Waals surface area contributed by atoms with E-state index in [4.69, 9.17) is 33.7 Å². The molecule has 0 aliphatic carbocycles. The molecule has 0 atom stereocenters. The summed E-state index contributed by atoms with van der Waals surface area (Å²) in [6.07, 6.45) is 0. The molecule has 0 saturated heterocycles. The summed E-state index contributed by atoms with van der Waals surface area (Å²) < 4.78 is 9.44. The number of rotatable bonds is 7. The Hall–Kier alpha value is -2.03. The molecule has 1 aromatic carbocycles. The van der Waals surface area contributed by atoms with Crippen molar-refractivity contribution in [1.29, 1.82) is 0 Å². The largest absolute Gasteiger partial charge is 0.494 e. The van der Waals surface area contributed by atoms with Gasteiger partial charge in [0, 0.05) is 19.6 Å². The lowest BCUT2D eigenvalue weighted by Crippen LogP contribution is -2.32. The first kappa shape index (κ1) is 17.3. The van der Waals surface area contributed by atoms with E-state index in [2.05, 4.69) is 25.6 Å². The van der Waals surface area contributed by atoms with Gasteiger partial charge in [0.2, 0.25) is 11.5 Å². The number of halogens is 2. The highest BCUT2D eigenvalue weighted by atomic mass is 35.5. The van der Waals surface area contributed by atoms with Gasteiger partial charge in [-0.2, -0.15) is 0 Å². The smallest absolute Gasteiger partial charge is 0.277 e. The van der Waals surface area contributed by atoms with Gasteiger partial charge in [-0.05, 0) is 28.0 Å². The minimum Gasteiger partial charge on any atom is -0.494 e. The number of aromatic nitrogens is 2. The van der Waals surface area contributed by atoms with Gasteiger partial charge in [-0.25, -0.2) is 4.63 Å². The van der Waals surface area contributed by atoms with E-state index in [1.165, 1.54) is 7.11 Å². The number of nitrogen functional groups attached to an aromatic ring is 1. The number of ether oxygens (including phenoxy) is 1. The summed E-state index contributed by atoms with van der Waals surface area (Å²) in [7, 11) is 1.50. The molecule has 0 bridgehead atoms. The summed E-state index contributed by atoms with van der Waals surface area (Å²) in [6.45, 7) is 1.44. The summed E-state index contributed by atoms with van der Waals surface area (Å²) >= 11 is 12.1. The van der Waals surface area contributed by atoms with Crippen molar-refractivity contribution in [3.05, 3.63) is 33.4 Å². The fraction of sp³-hybridized carbons (Fsp3) is 0.308. The van der Waals surface area contributed by atoms with Gasteiger partial charge in [0.05, 0.1) is 17.2 Å². The van der Waals surface area contributed by atoms with Crippen LogP contribution < -0.4 is 21.1 Å². The quantitative estimate of drug-likeness (QED) is 0.641. The minimum absolute atomic E-state index is 0.0290. The number of nitrogens with one attached hydrogen (secondary N) is 2. The number of hydrogen-bond acceptors (Lipinski definition) is 7. The number of hydrogen-bond donors (Lipinski definition) is 3. The molecule has 0 fully saturated rings. The lowest BCUT2D eigenvalue weighted by molar-refractivity contribution is 0.0944. The van der Waals surface area contributed by atoms with Crippen LogP contribution in [0.5, 0.6) is 5.75 Å². The number of nitrogens with zero attached hydrogens (tertiary/aromatic N) is 2. The van der Waals surface area contributed by atoms with Gasteiger partial charge in [-0.1, -0.05) is 23.2 Å². The highest BCUT2D eigenvalue weighted by Crippen LogP contribution is 2.33. The summed E-state index contributed by atoms with van der Waals surface area (Å²) in [5.74, 6) is -0.0396. The van der Waals surface area contributed by atoms with Crippen molar-refractivity contribution in [2.45, 2.75) is 6.54 Å². The van der Waals surface area contributed by atoms with Gasteiger partial charge in [-0.3, -0.25) is 4.79 Å². The first-order valence-corrected chi connectivity index (χ1v) is 7.37. The van der Waals surface area contributed by atoms with Crippen molar-refractivity contribution in [2.24, 2.45) is 0 Å².